The first kappa shape index (κ1) is 14.7. The molecule has 0 radical (unpaired) electrons. The van der Waals surface area contributed by atoms with Crippen molar-refractivity contribution in [1.82, 2.24) is 5.32 Å². The molecule has 4 heteroatoms. The predicted octanol–water partition coefficient (Wildman–Crippen LogP) is 4.23. The van der Waals surface area contributed by atoms with Gasteiger partial charge in [0.05, 0.1) is 10.0 Å². The van der Waals surface area contributed by atoms with Gasteiger partial charge in [-0.25, -0.2) is 0 Å². The summed E-state index contributed by atoms with van der Waals surface area (Å²) >= 11 is 12.0. The average Bonchev–Trinajstić information content (AvgIpc) is 2.64. The summed E-state index contributed by atoms with van der Waals surface area (Å²) in [5, 5.41) is 4.31. The van der Waals surface area contributed by atoms with E-state index < -0.39 is 0 Å². The van der Waals surface area contributed by atoms with Crippen LogP contribution in [0.3, 0.4) is 0 Å². The van der Waals surface area contributed by atoms with Gasteiger partial charge in [0, 0.05) is 12.0 Å². The topological polar surface area (TPSA) is 29.1 Å². The van der Waals surface area contributed by atoms with E-state index in [0.29, 0.717) is 22.4 Å². The maximum Gasteiger partial charge on any atom is 0.220 e. The van der Waals surface area contributed by atoms with Crippen LogP contribution < -0.4 is 5.32 Å². The van der Waals surface area contributed by atoms with Gasteiger partial charge in [0.1, 0.15) is 0 Å². The van der Waals surface area contributed by atoms with E-state index in [1.807, 2.05) is 18.2 Å². The fourth-order valence-corrected chi connectivity index (χ4v) is 3.27. The van der Waals surface area contributed by atoms with Gasteiger partial charge in [-0.3, -0.25) is 4.79 Å². The van der Waals surface area contributed by atoms with Crippen LogP contribution in [-0.2, 0) is 11.2 Å². The van der Waals surface area contributed by atoms with Crippen molar-refractivity contribution in [3.05, 3.63) is 33.8 Å². The molecule has 0 aliphatic carbocycles. The molecule has 1 atom stereocenters. The lowest BCUT2D eigenvalue weighted by Gasteiger charge is -2.31. The molecule has 1 aliphatic heterocycles. The van der Waals surface area contributed by atoms with E-state index in [1.54, 1.807) is 0 Å². The van der Waals surface area contributed by atoms with Gasteiger partial charge in [0.2, 0.25) is 5.91 Å². The van der Waals surface area contributed by atoms with E-state index >= 15 is 0 Å². The molecule has 1 unspecified atom stereocenters. The van der Waals surface area contributed by atoms with E-state index in [9.17, 15) is 4.79 Å². The van der Waals surface area contributed by atoms with Crippen molar-refractivity contribution in [3.63, 3.8) is 0 Å². The fraction of sp³-hybridized carbons (Fsp3) is 0.533. The van der Waals surface area contributed by atoms with E-state index in [0.717, 1.165) is 24.8 Å². The number of nitrogens with one attached hydrogen (secondary N) is 1. The summed E-state index contributed by atoms with van der Waals surface area (Å²) in [6.45, 7) is 4.36. The van der Waals surface area contributed by atoms with Crippen molar-refractivity contribution in [2.75, 3.05) is 0 Å². The Morgan fingerprint density at radius 3 is 2.58 bits per heavy atom. The van der Waals surface area contributed by atoms with Crippen LogP contribution in [0.2, 0.25) is 10.0 Å². The molecule has 0 aromatic heterocycles. The van der Waals surface area contributed by atoms with Crippen molar-refractivity contribution in [2.24, 2.45) is 5.92 Å². The molecule has 19 heavy (non-hydrogen) atoms. The Morgan fingerprint density at radius 2 is 2.05 bits per heavy atom. The van der Waals surface area contributed by atoms with Crippen molar-refractivity contribution >= 4 is 29.1 Å². The molecule has 2 nitrogen and oxygen atoms in total. The summed E-state index contributed by atoms with van der Waals surface area (Å²) in [4.78, 5) is 11.6. The van der Waals surface area contributed by atoms with Gasteiger partial charge in [0.15, 0.2) is 0 Å². The van der Waals surface area contributed by atoms with Gasteiger partial charge in [0.25, 0.3) is 0 Å². The molecule has 1 N–H and O–H groups in total. The molecule has 1 aromatic carbocycles. The second kappa shape index (κ2) is 5.72. The minimum Gasteiger partial charge on any atom is -0.350 e. The zero-order chi connectivity index (χ0) is 14.0. The molecule has 2 rings (SSSR count). The highest BCUT2D eigenvalue weighted by Crippen LogP contribution is 2.32. The molecule has 104 valence electrons. The molecule has 1 aliphatic rings. The first-order valence-electron chi connectivity index (χ1n) is 6.65. The van der Waals surface area contributed by atoms with Gasteiger partial charge >= 0.3 is 0 Å². The molecule has 1 amide bonds. The van der Waals surface area contributed by atoms with Gasteiger partial charge in [-0.1, -0.05) is 43.1 Å². The van der Waals surface area contributed by atoms with Crippen molar-refractivity contribution in [1.29, 1.82) is 0 Å². The van der Waals surface area contributed by atoms with Crippen molar-refractivity contribution < 1.29 is 4.79 Å². The first-order valence-corrected chi connectivity index (χ1v) is 7.41. The second-order valence-corrected chi connectivity index (χ2v) is 6.67. The largest absolute Gasteiger partial charge is 0.350 e. The normalized spacial score (nSPS) is 22.9. The Kier molecular flexibility index (Phi) is 4.42. The summed E-state index contributed by atoms with van der Waals surface area (Å²) in [5.74, 6) is 0.696. The minimum absolute atomic E-state index is 0.123. The third kappa shape index (κ3) is 3.64. The first-order chi connectivity index (χ1) is 8.90. The highest BCUT2D eigenvalue weighted by atomic mass is 35.5. The molecule has 0 saturated carbocycles. The van der Waals surface area contributed by atoms with E-state index in [2.05, 4.69) is 19.2 Å². The van der Waals surface area contributed by atoms with Crippen LogP contribution in [0.1, 0.15) is 38.7 Å². The molecular formula is C15H19Cl2NO. The van der Waals surface area contributed by atoms with Crippen LogP contribution in [0.5, 0.6) is 0 Å². The van der Waals surface area contributed by atoms with Gasteiger partial charge in [-0.15, -0.1) is 0 Å². The average molecular weight is 300 g/mol. The second-order valence-electron chi connectivity index (χ2n) is 5.85. The van der Waals surface area contributed by atoms with Crippen molar-refractivity contribution in [3.8, 4) is 0 Å². The lowest BCUT2D eigenvalue weighted by Crippen LogP contribution is -2.44. The summed E-state index contributed by atoms with van der Waals surface area (Å²) in [6, 6.07) is 5.70. The monoisotopic (exact) mass is 299 g/mol. The number of amides is 1. The summed E-state index contributed by atoms with van der Waals surface area (Å²) in [5.41, 5.74) is 1.000. The zero-order valence-corrected chi connectivity index (χ0v) is 12.8. The van der Waals surface area contributed by atoms with Gasteiger partial charge < -0.3 is 5.32 Å². The molecular weight excluding hydrogens is 281 g/mol. The van der Waals surface area contributed by atoms with Crippen LogP contribution in [-0.4, -0.2) is 11.4 Å². The lowest BCUT2D eigenvalue weighted by molar-refractivity contribution is -0.119. The maximum absolute atomic E-state index is 11.6. The number of hydrogen-bond acceptors (Lipinski definition) is 1. The molecule has 1 aromatic rings. The summed E-state index contributed by atoms with van der Waals surface area (Å²) in [6.07, 6.45) is 3.31. The van der Waals surface area contributed by atoms with Gasteiger partial charge in [-0.2, -0.15) is 0 Å². The van der Waals surface area contributed by atoms with E-state index in [-0.39, 0.29) is 11.4 Å². The molecule has 0 spiro atoms. The Balaban J connectivity index is 2.20. The molecule has 1 heterocycles. The number of rotatable bonds is 4. The van der Waals surface area contributed by atoms with Crippen LogP contribution in [0, 0.1) is 5.92 Å². The summed E-state index contributed by atoms with van der Waals surface area (Å²) in [7, 11) is 0. The molecule has 1 fully saturated rings. The fourth-order valence-electron chi connectivity index (χ4n) is 2.95. The predicted molar refractivity (Wildman–Crippen MR) is 79.7 cm³/mol. The summed E-state index contributed by atoms with van der Waals surface area (Å²) < 4.78 is 0. The Bertz CT molecular complexity index is 487. The smallest absolute Gasteiger partial charge is 0.220 e. The highest BCUT2D eigenvalue weighted by molar-refractivity contribution is 6.42. The standard InChI is InChI=1S/C15H19Cl2NO/c1-10(2)8-15(6-5-14(19)18-15)9-11-3-4-12(16)13(17)7-11/h3-4,7,10H,5-6,8-9H2,1-2H3,(H,18,19). The number of hydrogen-bond donors (Lipinski definition) is 1. The number of carbonyl (C=O) groups excluding carboxylic acids is 1. The number of benzene rings is 1. The van der Waals surface area contributed by atoms with Crippen LogP contribution >= 0.6 is 23.2 Å². The quantitative estimate of drug-likeness (QED) is 0.885. The highest BCUT2D eigenvalue weighted by Gasteiger charge is 2.38. The Labute approximate surface area is 124 Å². The Morgan fingerprint density at radius 1 is 1.32 bits per heavy atom. The van der Waals surface area contributed by atoms with Crippen LogP contribution in [0.15, 0.2) is 18.2 Å². The van der Waals surface area contributed by atoms with Gasteiger partial charge in [-0.05, 0) is 42.9 Å². The molecule has 1 saturated heterocycles. The molecule has 0 bridgehead atoms. The maximum atomic E-state index is 11.6. The van der Waals surface area contributed by atoms with Crippen molar-refractivity contribution in [2.45, 2.75) is 45.1 Å². The van der Waals surface area contributed by atoms with Crippen LogP contribution in [0.4, 0.5) is 0 Å². The third-order valence-electron chi connectivity index (χ3n) is 3.56. The van der Waals surface area contributed by atoms with E-state index in [1.165, 1.54) is 0 Å². The Hall–Kier alpha value is -0.730. The zero-order valence-electron chi connectivity index (χ0n) is 11.3. The van der Waals surface area contributed by atoms with E-state index in [4.69, 9.17) is 23.2 Å². The number of carbonyl (C=O) groups is 1. The third-order valence-corrected chi connectivity index (χ3v) is 4.30. The lowest BCUT2D eigenvalue weighted by atomic mass is 9.82. The minimum atomic E-state index is -0.123. The number of halogens is 2. The van der Waals surface area contributed by atoms with Crippen LogP contribution in [0.25, 0.3) is 0 Å². The SMILES string of the molecule is CC(C)CC1(Cc2ccc(Cl)c(Cl)c2)CCC(=O)N1.